The van der Waals surface area contributed by atoms with Gasteiger partial charge < -0.3 is 14.9 Å². The Balaban J connectivity index is 1.86. The first-order valence-corrected chi connectivity index (χ1v) is 11.1. The first kappa shape index (κ1) is 24.6. The van der Waals surface area contributed by atoms with E-state index < -0.39 is 24.1 Å². The number of ether oxygens (including phenoxy) is 1. The molecule has 0 aliphatic rings. The second-order valence-corrected chi connectivity index (χ2v) is 8.03. The molecule has 0 spiro atoms. The lowest BCUT2D eigenvalue weighted by Gasteiger charge is -2.39. The van der Waals surface area contributed by atoms with Crippen LogP contribution >= 0.6 is 0 Å². The zero-order valence-electron chi connectivity index (χ0n) is 19.1. The van der Waals surface area contributed by atoms with Gasteiger partial charge >= 0.3 is 5.97 Å². The van der Waals surface area contributed by atoms with Gasteiger partial charge in [0.2, 0.25) is 0 Å². The highest BCUT2D eigenvalue weighted by Crippen LogP contribution is 2.25. The summed E-state index contributed by atoms with van der Waals surface area (Å²) in [6.45, 7) is 1.97. The zero-order chi connectivity index (χ0) is 23.7. The predicted molar refractivity (Wildman–Crippen MR) is 128 cm³/mol. The summed E-state index contributed by atoms with van der Waals surface area (Å²) in [7, 11) is 1.34. The van der Waals surface area contributed by atoms with E-state index in [0.29, 0.717) is 24.8 Å². The number of nitrogens with one attached hydrogen (secondary N) is 2. The fraction of sp³-hybridized carbons (Fsp3) is 0.296. The topological polar surface area (TPSA) is 90.8 Å². The van der Waals surface area contributed by atoms with E-state index in [1.165, 1.54) is 7.11 Å². The van der Waals surface area contributed by atoms with Crippen molar-refractivity contribution in [3.8, 4) is 0 Å². The Bertz CT molecular complexity index is 944. The molecule has 33 heavy (non-hydrogen) atoms. The molecule has 2 atom stereocenters. The van der Waals surface area contributed by atoms with Crippen LogP contribution in [0.25, 0.3) is 0 Å². The van der Waals surface area contributed by atoms with E-state index >= 15 is 0 Å². The van der Waals surface area contributed by atoms with Gasteiger partial charge in [-0.25, -0.2) is 4.79 Å². The molecule has 3 aromatic rings. The van der Waals surface area contributed by atoms with E-state index in [-0.39, 0.29) is 0 Å². The lowest BCUT2D eigenvalue weighted by atomic mass is 9.93. The Morgan fingerprint density at radius 2 is 1.27 bits per heavy atom. The maximum atomic E-state index is 11.9. The van der Waals surface area contributed by atoms with Gasteiger partial charge in [0.1, 0.15) is 12.5 Å². The highest BCUT2D eigenvalue weighted by Gasteiger charge is 2.34. The highest BCUT2D eigenvalue weighted by atomic mass is 16.5. The van der Waals surface area contributed by atoms with Crippen molar-refractivity contribution < 1.29 is 19.7 Å². The van der Waals surface area contributed by atoms with Crippen LogP contribution in [0.2, 0.25) is 0 Å². The van der Waals surface area contributed by atoms with Crippen LogP contribution in [0.1, 0.15) is 40.4 Å². The first-order valence-electron chi connectivity index (χ1n) is 11.1. The second kappa shape index (κ2) is 11.7. The largest absolute Gasteiger partial charge is 0.465 e. The molecule has 6 heteroatoms. The van der Waals surface area contributed by atoms with Crippen LogP contribution in [0.5, 0.6) is 0 Å². The van der Waals surface area contributed by atoms with Crippen LogP contribution in [0.4, 0.5) is 0 Å². The van der Waals surface area contributed by atoms with Crippen LogP contribution < -0.4 is 10.6 Å². The smallest absolute Gasteiger partial charge is 0.337 e. The summed E-state index contributed by atoms with van der Waals surface area (Å²) in [5, 5.41) is 28.4. The quantitative estimate of drug-likeness (QED) is 0.266. The Hall–Kier alpha value is -3.03. The van der Waals surface area contributed by atoms with Crippen molar-refractivity contribution >= 4 is 5.97 Å². The second-order valence-electron chi connectivity index (χ2n) is 8.03. The zero-order valence-corrected chi connectivity index (χ0v) is 19.1. The van der Waals surface area contributed by atoms with Gasteiger partial charge in [0.05, 0.1) is 18.3 Å². The Morgan fingerprint density at radius 1 is 0.818 bits per heavy atom. The molecule has 0 aliphatic heterocycles. The number of esters is 1. The maximum absolute atomic E-state index is 11.9. The number of carbonyl (C=O) groups is 1. The minimum absolute atomic E-state index is 0.402. The summed E-state index contributed by atoms with van der Waals surface area (Å²) in [5.74, 6) is -0.419. The third kappa shape index (κ3) is 6.73. The van der Waals surface area contributed by atoms with E-state index in [2.05, 4.69) is 10.6 Å². The predicted octanol–water partition coefficient (Wildman–Crippen LogP) is 3.34. The number of aliphatic hydroxyl groups excluding tert-OH is 2. The van der Waals surface area contributed by atoms with Crippen molar-refractivity contribution in [1.29, 1.82) is 0 Å². The molecule has 0 aromatic heterocycles. The summed E-state index contributed by atoms with van der Waals surface area (Å²) >= 11 is 0. The average molecular weight is 449 g/mol. The van der Waals surface area contributed by atoms with E-state index in [1.807, 2.05) is 67.6 Å². The number of hydrogen-bond acceptors (Lipinski definition) is 6. The number of methoxy groups -OCH3 is 1. The van der Waals surface area contributed by atoms with Crippen molar-refractivity contribution in [2.24, 2.45) is 0 Å². The van der Waals surface area contributed by atoms with E-state index in [4.69, 9.17) is 4.74 Å². The molecular weight excluding hydrogens is 416 g/mol. The number of rotatable bonds is 11. The van der Waals surface area contributed by atoms with Gasteiger partial charge in [-0.2, -0.15) is 0 Å². The molecule has 0 amide bonds. The molecule has 174 valence electrons. The molecule has 0 aliphatic carbocycles. The molecule has 0 saturated heterocycles. The Labute approximate surface area is 195 Å². The van der Waals surface area contributed by atoms with Crippen molar-refractivity contribution in [3.63, 3.8) is 0 Å². The van der Waals surface area contributed by atoms with Gasteiger partial charge in [-0.05, 0) is 35.2 Å². The van der Waals surface area contributed by atoms with Crippen LogP contribution in [0, 0.1) is 0 Å². The standard InChI is InChI=1S/C27H32N2O4/c1-3-27(23-16-14-22(15-17-23)26(32)33-2,28-24(30)18-20-10-6-4-7-11-20)29-25(31)19-21-12-8-5-9-13-21/h4-17,24-25,28-31H,3,18-19H2,1-2H3/t24-,25-/m1/s1. The van der Waals surface area contributed by atoms with E-state index in [0.717, 1.165) is 16.7 Å². The molecule has 6 nitrogen and oxygen atoms in total. The molecule has 0 unspecified atom stereocenters. The van der Waals surface area contributed by atoms with Gasteiger partial charge in [-0.15, -0.1) is 0 Å². The van der Waals surface area contributed by atoms with Crippen LogP contribution in [-0.2, 0) is 23.2 Å². The minimum Gasteiger partial charge on any atom is -0.465 e. The van der Waals surface area contributed by atoms with E-state index in [9.17, 15) is 15.0 Å². The van der Waals surface area contributed by atoms with Crippen molar-refractivity contribution in [2.45, 2.75) is 44.3 Å². The number of benzene rings is 3. The molecule has 3 aromatic carbocycles. The molecule has 0 saturated carbocycles. The minimum atomic E-state index is -0.933. The fourth-order valence-corrected chi connectivity index (χ4v) is 3.97. The van der Waals surface area contributed by atoms with Crippen LogP contribution in [-0.4, -0.2) is 35.7 Å². The highest BCUT2D eigenvalue weighted by molar-refractivity contribution is 5.89. The van der Waals surface area contributed by atoms with Gasteiger partial charge in [0.15, 0.2) is 0 Å². The Kier molecular flexibility index (Phi) is 8.74. The molecule has 4 N–H and O–H groups in total. The number of hydrogen-bond donors (Lipinski definition) is 4. The molecule has 0 fully saturated rings. The molecular formula is C27H32N2O4. The van der Waals surface area contributed by atoms with Gasteiger partial charge in [0.25, 0.3) is 0 Å². The fourth-order valence-electron chi connectivity index (χ4n) is 3.97. The summed E-state index contributed by atoms with van der Waals surface area (Å²) < 4.78 is 4.80. The van der Waals surface area contributed by atoms with E-state index in [1.54, 1.807) is 24.3 Å². The van der Waals surface area contributed by atoms with Crippen molar-refractivity contribution in [1.82, 2.24) is 10.6 Å². The summed E-state index contributed by atoms with van der Waals surface area (Å²) in [5.41, 5.74) is 2.27. The molecule has 0 radical (unpaired) electrons. The third-order valence-electron chi connectivity index (χ3n) is 5.70. The van der Waals surface area contributed by atoms with Gasteiger partial charge in [0, 0.05) is 12.8 Å². The maximum Gasteiger partial charge on any atom is 0.337 e. The van der Waals surface area contributed by atoms with Gasteiger partial charge in [-0.1, -0.05) is 79.7 Å². The molecule has 3 rings (SSSR count). The monoisotopic (exact) mass is 448 g/mol. The summed E-state index contributed by atoms with van der Waals surface area (Å²) in [6, 6.07) is 26.4. The Morgan fingerprint density at radius 3 is 1.67 bits per heavy atom. The summed E-state index contributed by atoms with van der Waals surface area (Å²) in [6.07, 6.45) is -0.408. The van der Waals surface area contributed by atoms with Crippen molar-refractivity contribution in [2.75, 3.05) is 7.11 Å². The molecule has 0 bridgehead atoms. The number of aliphatic hydroxyl groups is 2. The lowest BCUT2D eigenvalue weighted by molar-refractivity contribution is 0.0235. The normalized spacial score (nSPS) is 13.3. The summed E-state index contributed by atoms with van der Waals surface area (Å²) in [4.78, 5) is 11.9. The van der Waals surface area contributed by atoms with Crippen molar-refractivity contribution in [3.05, 3.63) is 107 Å². The average Bonchev–Trinajstić information content (AvgIpc) is 2.84. The SMILES string of the molecule is CCC(N[C@H](O)Cc1ccccc1)(N[C@H](O)Cc1ccccc1)c1ccc(C(=O)OC)cc1. The molecule has 0 heterocycles. The van der Waals surface area contributed by atoms with Crippen LogP contribution in [0.15, 0.2) is 84.9 Å². The first-order chi connectivity index (χ1) is 16.0. The third-order valence-corrected chi connectivity index (χ3v) is 5.70. The lowest BCUT2D eigenvalue weighted by Crippen LogP contribution is -2.60. The van der Waals surface area contributed by atoms with Crippen LogP contribution in [0.3, 0.4) is 0 Å². The number of carbonyl (C=O) groups excluding carboxylic acids is 1. The van der Waals surface area contributed by atoms with Gasteiger partial charge in [-0.3, -0.25) is 10.6 Å².